The van der Waals surface area contributed by atoms with E-state index in [9.17, 15) is 5.11 Å². The van der Waals surface area contributed by atoms with E-state index in [2.05, 4.69) is 18.4 Å². The zero-order chi connectivity index (χ0) is 10.7. The number of hydrogen-bond acceptors (Lipinski definition) is 3. The number of aliphatic hydroxyl groups excluding tert-OH is 1. The molecule has 1 saturated heterocycles. The van der Waals surface area contributed by atoms with Crippen molar-refractivity contribution >= 4 is 23.1 Å². The molecular weight excluding hydrogens is 224 g/mol. The number of thioether (sulfide) groups is 1. The van der Waals surface area contributed by atoms with E-state index in [4.69, 9.17) is 0 Å². The number of aliphatic hydroxyl groups is 1. The molecule has 1 aliphatic heterocycles. The fourth-order valence-corrected chi connectivity index (χ4v) is 4.26. The Balaban J connectivity index is 1.91. The lowest BCUT2D eigenvalue weighted by molar-refractivity contribution is 0.144. The zero-order valence-electron chi connectivity index (χ0n) is 9.11. The Kier molecular flexibility index (Phi) is 4.12. The van der Waals surface area contributed by atoms with E-state index in [0.717, 1.165) is 12.3 Å². The minimum Gasteiger partial charge on any atom is -0.388 e. The van der Waals surface area contributed by atoms with E-state index in [1.54, 1.807) is 11.3 Å². The SMILES string of the molecule is Cc1ccsc1C(O)CC1CCSCC1. The molecule has 15 heavy (non-hydrogen) atoms. The number of thiophene rings is 1. The highest BCUT2D eigenvalue weighted by molar-refractivity contribution is 7.99. The highest BCUT2D eigenvalue weighted by Gasteiger charge is 2.20. The number of hydrogen-bond donors (Lipinski definition) is 1. The molecule has 1 aromatic rings. The fraction of sp³-hybridized carbons (Fsp3) is 0.667. The molecule has 0 radical (unpaired) electrons. The highest BCUT2D eigenvalue weighted by Crippen LogP contribution is 2.33. The maximum absolute atomic E-state index is 10.1. The number of rotatable bonds is 3. The Hall–Kier alpha value is 0.01000. The summed E-state index contributed by atoms with van der Waals surface area (Å²) in [4.78, 5) is 1.17. The van der Waals surface area contributed by atoms with Crippen LogP contribution in [0, 0.1) is 12.8 Å². The van der Waals surface area contributed by atoms with Crippen molar-refractivity contribution in [3.8, 4) is 0 Å². The van der Waals surface area contributed by atoms with Gasteiger partial charge in [0.2, 0.25) is 0 Å². The maximum atomic E-state index is 10.1. The lowest BCUT2D eigenvalue weighted by Gasteiger charge is -2.23. The molecule has 3 heteroatoms. The summed E-state index contributed by atoms with van der Waals surface area (Å²) in [6, 6.07) is 2.10. The monoisotopic (exact) mass is 242 g/mol. The second-order valence-corrected chi connectivity index (χ2v) is 6.45. The van der Waals surface area contributed by atoms with Crippen LogP contribution in [0.5, 0.6) is 0 Å². The third-order valence-corrected chi connectivity index (χ3v) is 5.27. The Morgan fingerprint density at radius 1 is 1.47 bits per heavy atom. The van der Waals surface area contributed by atoms with Gasteiger partial charge < -0.3 is 5.11 Å². The zero-order valence-corrected chi connectivity index (χ0v) is 10.7. The molecule has 1 unspecified atom stereocenters. The number of aryl methyl sites for hydroxylation is 1. The topological polar surface area (TPSA) is 20.2 Å². The summed E-state index contributed by atoms with van der Waals surface area (Å²) in [7, 11) is 0. The first-order valence-corrected chi connectivity index (χ1v) is 7.60. The summed E-state index contributed by atoms with van der Waals surface area (Å²) in [5, 5.41) is 12.2. The third kappa shape index (κ3) is 2.99. The van der Waals surface area contributed by atoms with Crippen LogP contribution in [0.3, 0.4) is 0 Å². The van der Waals surface area contributed by atoms with Gasteiger partial charge >= 0.3 is 0 Å². The second kappa shape index (κ2) is 5.37. The van der Waals surface area contributed by atoms with Crippen LogP contribution in [0.25, 0.3) is 0 Å². The second-order valence-electron chi connectivity index (χ2n) is 4.28. The van der Waals surface area contributed by atoms with Gasteiger partial charge in [-0.3, -0.25) is 0 Å². The summed E-state index contributed by atoms with van der Waals surface area (Å²) in [5.74, 6) is 3.30. The third-order valence-electron chi connectivity index (χ3n) is 3.10. The normalized spacial score (nSPS) is 20.4. The lowest BCUT2D eigenvalue weighted by Crippen LogP contribution is -2.13. The summed E-state index contributed by atoms with van der Waals surface area (Å²) in [5.41, 5.74) is 1.25. The first-order chi connectivity index (χ1) is 7.27. The van der Waals surface area contributed by atoms with Gasteiger partial charge in [0, 0.05) is 4.88 Å². The molecule has 0 aromatic carbocycles. The van der Waals surface area contributed by atoms with E-state index < -0.39 is 0 Å². The van der Waals surface area contributed by atoms with Gasteiger partial charge in [0.1, 0.15) is 0 Å². The van der Waals surface area contributed by atoms with E-state index in [0.29, 0.717) is 0 Å². The van der Waals surface area contributed by atoms with Gasteiger partial charge in [-0.05, 0) is 60.6 Å². The van der Waals surface area contributed by atoms with Crippen LogP contribution in [0.2, 0.25) is 0 Å². The average Bonchev–Trinajstić information content (AvgIpc) is 2.66. The van der Waals surface area contributed by atoms with Crippen molar-refractivity contribution < 1.29 is 5.11 Å². The largest absolute Gasteiger partial charge is 0.388 e. The average molecular weight is 242 g/mol. The van der Waals surface area contributed by atoms with Crippen LogP contribution in [0.1, 0.15) is 35.8 Å². The summed E-state index contributed by atoms with van der Waals surface area (Å²) in [6.45, 7) is 2.09. The van der Waals surface area contributed by atoms with Crippen molar-refractivity contribution in [2.45, 2.75) is 32.3 Å². The molecule has 1 N–H and O–H groups in total. The summed E-state index contributed by atoms with van der Waals surface area (Å²) in [6.07, 6.45) is 3.30. The van der Waals surface area contributed by atoms with Crippen LogP contribution >= 0.6 is 23.1 Å². The van der Waals surface area contributed by atoms with Crippen LogP contribution in [-0.2, 0) is 0 Å². The predicted octanol–water partition coefficient (Wildman–Crippen LogP) is 3.62. The van der Waals surface area contributed by atoms with Gasteiger partial charge in [0.25, 0.3) is 0 Å². The van der Waals surface area contributed by atoms with Gasteiger partial charge in [0.05, 0.1) is 6.10 Å². The molecule has 1 aliphatic rings. The summed E-state index contributed by atoms with van der Waals surface area (Å²) < 4.78 is 0. The van der Waals surface area contributed by atoms with Crippen LogP contribution in [-0.4, -0.2) is 16.6 Å². The quantitative estimate of drug-likeness (QED) is 0.873. The van der Waals surface area contributed by atoms with Crippen molar-refractivity contribution in [2.24, 2.45) is 5.92 Å². The highest BCUT2D eigenvalue weighted by atomic mass is 32.2. The minimum absolute atomic E-state index is 0.224. The fourth-order valence-electron chi connectivity index (χ4n) is 2.13. The molecule has 1 fully saturated rings. The van der Waals surface area contributed by atoms with Gasteiger partial charge in [-0.25, -0.2) is 0 Å². The van der Waals surface area contributed by atoms with Gasteiger partial charge in [-0.2, -0.15) is 11.8 Å². The molecule has 0 amide bonds. The van der Waals surface area contributed by atoms with Gasteiger partial charge in [-0.15, -0.1) is 11.3 Å². The molecular formula is C12H18OS2. The predicted molar refractivity (Wildman–Crippen MR) is 68.7 cm³/mol. The minimum atomic E-state index is -0.224. The van der Waals surface area contributed by atoms with Crippen molar-refractivity contribution in [1.29, 1.82) is 0 Å². The van der Waals surface area contributed by atoms with Gasteiger partial charge in [0.15, 0.2) is 0 Å². The first-order valence-electron chi connectivity index (χ1n) is 5.57. The Bertz CT molecular complexity index is 302. The molecule has 84 valence electrons. The van der Waals surface area contributed by atoms with E-state index in [1.807, 2.05) is 11.8 Å². The molecule has 2 heterocycles. The van der Waals surface area contributed by atoms with Crippen LogP contribution in [0.4, 0.5) is 0 Å². The Labute approximate surface area is 99.9 Å². The first kappa shape index (κ1) is 11.5. The Morgan fingerprint density at radius 3 is 2.80 bits per heavy atom. The van der Waals surface area contributed by atoms with Crippen molar-refractivity contribution in [2.75, 3.05) is 11.5 Å². The lowest BCUT2D eigenvalue weighted by atomic mass is 9.94. The van der Waals surface area contributed by atoms with E-state index >= 15 is 0 Å². The molecule has 0 bridgehead atoms. The summed E-state index contributed by atoms with van der Waals surface area (Å²) >= 11 is 3.74. The maximum Gasteiger partial charge on any atom is 0.0887 e. The van der Waals surface area contributed by atoms with Crippen molar-refractivity contribution in [1.82, 2.24) is 0 Å². The standard InChI is InChI=1S/C12H18OS2/c1-9-2-7-15-12(9)11(13)8-10-3-5-14-6-4-10/h2,7,10-11,13H,3-6,8H2,1H3. The molecule has 0 spiro atoms. The van der Waals surface area contributed by atoms with E-state index in [-0.39, 0.29) is 6.10 Å². The van der Waals surface area contributed by atoms with Crippen LogP contribution < -0.4 is 0 Å². The molecule has 1 atom stereocenters. The molecule has 1 aromatic heterocycles. The van der Waals surface area contributed by atoms with Crippen molar-refractivity contribution in [3.05, 3.63) is 21.9 Å². The molecule has 0 aliphatic carbocycles. The van der Waals surface area contributed by atoms with Gasteiger partial charge in [-0.1, -0.05) is 0 Å². The smallest absolute Gasteiger partial charge is 0.0887 e. The molecule has 0 saturated carbocycles. The Morgan fingerprint density at radius 2 is 2.20 bits per heavy atom. The van der Waals surface area contributed by atoms with Crippen molar-refractivity contribution in [3.63, 3.8) is 0 Å². The molecule has 2 rings (SSSR count). The van der Waals surface area contributed by atoms with Crippen LogP contribution in [0.15, 0.2) is 11.4 Å². The van der Waals surface area contributed by atoms with E-state index in [1.165, 1.54) is 34.8 Å². The molecule has 1 nitrogen and oxygen atoms in total.